The summed E-state index contributed by atoms with van der Waals surface area (Å²) in [6, 6.07) is 14.1. The molecule has 0 radical (unpaired) electrons. The molecule has 1 aromatic carbocycles. The predicted octanol–water partition coefficient (Wildman–Crippen LogP) is 2.45. The number of aromatic nitrogens is 3. The Balaban J connectivity index is 1.41. The summed E-state index contributed by atoms with van der Waals surface area (Å²) in [7, 11) is -0.744. The van der Waals surface area contributed by atoms with E-state index in [1.54, 1.807) is 12.1 Å². The number of hydrogen-bond acceptors (Lipinski definition) is 9. The van der Waals surface area contributed by atoms with Crippen molar-refractivity contribution in [2.75, 3.05) is 50.6 Å². The fourth-order valence-electron chi connectivity index (χ4n) is 3.59. The molecule has 0 spiro atoms. The van der Waals surface area contributed by atoms with Crippen LogP contribution in [0.3, 0.4) is 0 Å². The molecule has 1 aliphatic heterocycles. The lowest BCUT2D eigenvalue weighted by molar-refractivity contribution is 0.369. The smallest absolute Gasteiger partial charge is 0.246 e. The van der Waals surface area contributed by atoms with Gasteiger partial charge in [0.1, 0.15) is 22.2 Å². The Morgan fingerprint density at radius 3 is 2.33 bits per heavy atom. The van der Waals surface area contributed by atoms with Gasteiger partial charge in [0.25, 0.3) is 0 Å². The van der Waals surface area contributed by atoms with Crippen LogP contribution in [-0.4, -0.2) is 68.3 Å². The molecule has 1 saturated heterocycles. The van der Waals surface area contributed by atoms with Crippen LogP contribution >= 0.6 is 0 Å². The van der Waals surface area contributed by atoms with E-state index in [9.17, 15) is 8.42 Å². The van der Waals surface area contributed by atoms with Crippen LogP contribution in [0.4, 0.5) is 17.5 Å². The molecule has 3 heterocycles. The number of piperazine rings is 1. The largest absolute Gasteiger partial charge is 0.497 e. The number of hydrogen-bond donors (Lipinski definition) is 1. The van der Waals surface area contributed by atoms with Crippen LogP contribution in [-0.2, 0) is 10.0 Å². The number of ether oxygens (including phenoxy) is 2. The minimum Gasteiger partial charge on any atom is -0.497 e. The molecule has 3 aromatic rings. The molecule has 1 N–H and O–H groups in total. The summed E-state index contributed by atoms with van der Waals surface area (Å²) >= 11 is 0. The van der Waals surface area contributed by atoms with Crippen LogP contribution < -0.4 is 19.7 Å². The highest BCUT2D eigenvalue weighted by atomic mass is 32.2. The van der Waals surface area contributed by atoms with Crippen LogP contribution in [0.1, 0.15) is 5.69 Å². The van der Waals surface area contributed by atoms with Gasteiger partial charge in [-0.05, 0) is 43.3 Å². The van der Waals surface area contributed by atoms with Gasteiger partial charge in [-0.25, -0.2) is 13.4 Å². The summed E-state index contributed by atoms with van der Waals surface area (Å²) in [4.78, 5) is 6.53. The van der Waals surface area contributed by atoms with Crippen LogP contribution in [0, 0.1) is 6.92 Å². The molecule has 0 unspecified atom stereocenters. The third kappa shape index (κ3) is 4.99. The first-order chi connectivity index (χ1) is 15.9. The number of nitrogens with zero attached hydrogens (tertiary/aromatic N) is 5. The molecule has 11 heteroatoms. The van der Waals surface area contributed by atoms with E-state index in [2.05, 4.69) is 20.5 Å². The van der Waals surface area contributed by atoms with E-state index in [1.807, 2.05) is 42.2 Å². The Bertz CT molecular complexity index is 1210. The Hall–Kier alpha value is -3.44. The Kier molecular flexibility index (Phi) is 6.61. The molecule has 0 bridgehead atoms. The zero-order valence-electron chi connectivity index (χ0n) is 18.7. The standard InChI is InChI=1S/C22H26N6O4S/c1-16-5-4-6-20(23-16)24-21-9-10-22(26-25-21)27-11-13-28(14-12-27)33(29,30)19-8-7-17(31-2)15-18(19)32-3/h4-10,15H,11-14H2,1-3H3,(H,23,24,25). The lowest BCUT2D eigenvalue weighted by Crippen LogP contribution is -2.49. The number of sulfonamides is 1. The topological polar surface area (TPSA) is 110 Å². The third-order valence-corrected chi connectivity index (χ3v) is 7.28. The highest BCUT2D eigenvalue weighted by Crippen LogP contribution is 2.31. The molecule has 33 heavy (non-hydrogen) atoms. The first kappa shape index (κ1) is 22.7. The number of benzene rings is 1. The number of nitrogens with one attached hydrogen (secondary N) is 1. The number of rotatable bonds is 7. The van der Waals surface area contributed by atoms with E-state index in [4.69, 9.17) is 9.47 Å². The maximum atomic E-state index is 13.2. The Morgan fingerprint density at radius 2 is 1.70 bits per heavy atom. The number of anilines is 3. The molecule has 4 rings (SSSR count). The molecule has 10 nitrogen and oxygen atoms in total. The molecule has 0 amide bonds. The third-order valence-electron chi connectivity index (χ3n) is 5.35. The monoisotopic (exact) mass is 470 g/mol. The molecule has 2 aromatic heterocycles. The van der Waals surface area contributed by atoms with Crippen molar-refractivity contribution in [1.29, 1.82) is 0 Å². The molecular weight excluding hydrogens is 444 g/mol. The van der Waals surface area contributed by atoms with E-state index in [0.717, 1.165) is 5.69 Å². The van der Waals surface area contributed by atoms with Crippen molar-refractivity contribution in [2.24, 2.45) is 0 Å². The van der Waals surface area contributed by atoms with E-state index in [1.165, 1.54) is 24.6 Å². The second-order valence-corrected chi connectivity index (χ2v) is 9.38. The van der Waals surface area contributed by atoms with Crippen LogP contribution in [0.5, 0.6) is 11.5 Å². The number of methoxy groups -OCH3 is 2. The first-order valence-electron chi connectivity index (χ1n) is 10.4. The summed E-state index contributed by atoms with van der Waals surface area (Å²) in [6.07, 6.45) is 0. The van der Waals surface area contributed by atoms with Crippen LogP contribution in [0.2, 0.25) is 0 Å². The SMILES string of the molecule is COc1ccc(S(=O)(=O)N2CCN(c3ccc(Nc4cccc(C)n4)nn3)CC2)c(OC)c1. The van der Waals surface area contributed by atoms with Crippen molar-refractivity contribution in [1.82, 2.24) is 19.5 Å². The molecule has 0 atom stereocenters. The van der Waals surface area contributed by atoms with Gasteiger partial charge in [-0.3, -0.25) is 0 Å². The summed E-state index contributed by atoms with van der Waals surface area (Å²) in [6.45, 7) is 3.57. The van der Waals surface area contributed by atoms with Gasteiger partial charge in [0.05, 0.1) is 14.2 Å². The zero-order valence-corrected chi connectivity index (χ0v) is 19.5. The fraction of sp³-hybridized carbons (Fsp3) is 0.318. The predicted molar refractivity (Wildman–Crippen MR) is 125 cm³/mol. The van der Waals surface area contributed by atoms with Gasteiger partial charge in [0.2, 0.25) is 10.0 Å². The van der Waals surface area contributed by atoms with Crippen molar-refractivity contribution in [3.63, 3.8) is 0 Å². The van der Waals surface area contributed by atoms with Crippen molar-refractivity contribution >= 4 is 27.5 Å². The van der Waals surface area contributed by atoms with Gasteiger partial charge >= 0.3 is 0 Å². The Morgan fingerprint density at radius 1 is 0.909 bits per heavy atom. The van der Waals surface area contributed by atoms with Gasteiger partial charge in [0.15, 0.2) is 11.6 Å². The molecule has 174 valence electrons. The molecule has 1 aliphatic rings. The highest BCUT2D eigenvalue weighted by molar-refractivity contribution is 7.89. The van der Waals surface area contributed by atoms with Crippen molar-refractivity contribution in [2.45, 2.75) is 11.8 Å². The van der Waals surface area contributed by atoms with E-state index in [0.29, 0.717) is 49.4 Å². The maximum absolute atomic E-state index is 13.2. The van der Waals surface area contributed by atoms with Gasteiger partial charge in [-0.1, -0.05) is 6.07 Å². The minimum absolute atomic E-state index is 0.124. The van der Waals surface area contributed by atoms with Gasteiger partial charge < -0.3 is 19.7 Å². The van der Waals surface area contributed by atoms with Crippen molar-refractivity contribution in [3.8, 4) is 11.5 Å². The van der Waals surface area contributed by atoms with Crippen molar-refractivity contribution in [3.05, 3.63) is 54.2 Å². The van der Waals surface area contributed by atoms with Gasteiger partial charge in [-0.2, -0.15) is 4.31 Å². The van der Waals surface area contributed by atoms with Crippen LogP contribution in [0.25, 0.3) is 0 Å². The quantitative estimate of drug-likeness (QED) is 0.557. The van der Waals surface area contributed by atoms with Crippen LogP contribution in [0.15, 0.2) is 53.4 Å². The zero-order chi connectivity index (χ0) is 23.4. The normalized spacial score (nSPS) is 14.7. The fourth-order valence-corrected chi connectivity index (χ4v) is 5.15. The van der Waals surface area contributed by atoms with Crippen molar-refractivity contribution < 1.29 is 17.9 Å². The summed E-state index contributed by atoms with van der Waals surface area (Å²) < 4.78 is 38.3. The van der Waals surface area contributed by atoms with E-state index in [-0.39, 0.29) is 10.6 Å². The molecule has 0 saturated carbocycles. The molecular formula is C22H26N6O4S. The second kappa shape index (κ2) is 9.59. The number of pyridine rings is 1. The first-order valence-corrected chi connectivity index (χ1v) is 11.9. The summed E-state index contributed by atoms with van der Waals surface area (Å²) in [5, 5.41) is 11.7. The number of aryl methyl sites for hydroxylation is 1. The maximum Gasteiger partial charge on any atom is 0.246 e. The Labute approximate surface area is 193 Å². The van der Waals surface area contributed by atoms with Gasteiger partial charge in [0, 0.05) is 37.9 Å². The highest BCUT2D eigenvalue weighted by Gasteiger charge is 2.31. The minimum atomic E-state index is -3.71. The van der Waals surface area contributed by atoms with E-state index < -0.39 is 10.0 Å². The average molecular weight is 471 g/mol. The average Bonchev–Trinajstić information content (AvgIpc) is 2.84. The van der Waals surface area contributed by atoms with Gasteiger partial charge in [-0.15, -0.1) is 10.2 Å². The summed E-state index contributed by atoms with van der Waals surface area (Å²) in [5.74, 6) is 2.77. The second-order valence-electron chi connectivity index (χ2n) is 7.47. The molecule has 0 aliphatic carbocycles. The molecule has 1 fully saturated rings. The lowest BCUT2D eigenvalue weighted by atomic mass is 10.3. The summed E-state index contributed by atoms with van der Waals surface area (Å²) in [5.41, 5.74) is 0.907. The lowest BCUT2D eigenvalue weighted by Gasteiger charge is -2.34. The van der Waals surface area contributed by atoms with E-state index >= 15 is 0 Å².